The molecular formula is C18H20N2O3S. The second kappa shape index (κ2) is 7.13. The third-order valence-electron chi connectivity index (χ3n) is 4.32. The van der Waals surface area contributed by atoms with Crippen LogP contribution in [-0.2, 0) is 4.79 Å². The molecule has 1 heterocycles. The molecule has 0 atom stereocenters. The zero-order valence-electron chi connectivity index (χ0n) is 13.6. The summed E-state index contributed by atoms with van der Waals surface area (Å²) in [6, 6.07) is 8.91. The maximum atomic E-state index is 13.0. The van der Waals surface area contributed by atoms with E-state index in [0.29, 0.717) is 22.2 Å². The van der Waals surface area contributed by atoms with Crippen molar-refractivity contribution in [3.63, 3.8) is 0 Å². The number of carboxylic acids is 1. The number of rotatable bonds is 5. The summed E-state index contributed by atoms with van der Waals surface area (Å²) in [5.74, 6) is -0.881. The van der Waals surface area contributed by atoms with Crippen molar-refractivity contribution in [1.82, 2.24) is 4.98 Å². The van der Waals surface area contributed by atoms with E-state index in [1.54, 1.807) is 24.3 Å². The smallest absolute Gasteiger partial charge is 0.323 e. The van der Waals surface area contributed by atoms with Gasteiger partial charge in [0.25, 0.3) is 5.91 Å². The fraction of sp³-hybridized carbons (Fsp3) is 0.389. The fourth-order valence-corrected chi connectivity index (χ4v) is 4.29. The number of carbonyl (C=O) groups is 2. The van der Waals surface area contributed by atoms with Crippen molar-refractivity contribution in [2.45, 2.75) is 38.5 Å². The maximum absolute atomic E-state index is 13.0. The van der Waals surface area contributed by atoms with E-state index in [0.717, 1.165) is 17.8 Å². The lowest BCUT2D eigenvalue weighted by Gasteiger charge is -2.20. The molecule has 1 saturated carbocycles. The van der Waals surface area contributed by atoms with Crippen LogP contribution in [-0.4, -0.2) is 28.5 Å². The van der Waals surface area contributed by atoms with Crippen LogP contribution in [0.5, 0.6) is 0 Å². The number of anilines is 1. The number of benzene rings is 1. The minimum absolute atomic E-state index is 0.289. The quantitative estimate of drug-likeness (QED) is 0.894. The van der Waals surface area contributed by atoms with Crippen LogP contribution in [0.25, 0.3) is 0 Å². The van der Waals surface area contributed by atoms with E-state index < -0.39 is 5.97 Å². The summed E-state index contributed by atoms with van der Waals surface area (Å²) in [4.78, 5) is 30.6. The first-order valence-electron chi connectivity index (χ1n) is 8.12. The van der Waals surface area contributed by atoms with Crippen LogP contribution in [0, 0.1) is 6.92 Å². The first kappa shape index (κ1) is 16.6. The lowest BCUT2D eigenvalue weighted by Crippen LogP contribution is -2.35. The number of aryl methyl sites for hydroxylation is 1. The number of aromatic nitrogens is 1. The molecule has 5 nitrogen and oxygen atoms in total. The lowest BCUT2D eigenvalue weighted by molar-refractivity contribution is -0.135. The Bertz CT molecular complexity index is 736. The SMILES string of the molecule is Cc1nc(C2CCCC2)sc1C(=O)N(CC(=O)O)c1ccccc1. The van der Waals surface area contributed by atoms with Gasteiger partial charge in [0.2, 0.25) is 0 Å². The van der Waals surface area contributed by atoms with E-state index in [2.05, 4.69) is 4.98 Å². The van der Waals surface area contributed by atoms with Gasteiger partial charge < -0.3 is 5.11 Å². The minimum Gasteiger partial charge on any atom is -0.480 e. The third kappa shape index (κ3) is 3.48. The molecule has 1 aliphatic carbocycles. The zero-order chi connectivity index (χ0) is 17.1. The average Bonchev–Trinajstić information content (AvgIpc) is 3.22. The summed E-state index contributed by atoms with van der Waals surface area (Å²) >= 11 is 1.42. The number of nitrogens with zero attached hydrogens (tertiary/aromatic N) is 2. The first-order chi connectivity index (χ1) is 11.6. The van der Waals surface area contributed by atoms with Gasteiger partial charge in [-0.2, -0.15) is 0 Å². The number of amides is 1. The Balaban J connectivity index is 1.91. The van der Waals surface area contributed by atoms with Crippen molar-refractivity contribution in [2.75, 3.05) is 11.4 Å². The average molecular weight is 344 g/mol. The van der Waals surface area contributed by atoms with Gasteiger partial charge in [0.05, 0.1) is 10.7 Å². The minimum atomic E-state index is -1.04. The fourth-order valence-electron chi connectivity index (χ4n) is 3.11. The van der Waals surface area contributed by atoms with Gasteiger partial charge in [0.1, 0.15) is 11.4 Å². The number of hydrogen-bond donors (Lipinski definition) is 1. The first-order valence-corrected chi connectivity index (χ1v) is 8.94. The van der Waals surface area contributed by atoms with Gasteiger partial charge in [-0.25, -0.2) is 4.98 Å². The number of aliphatic carboxylic acids is 1. The molecule has 1 amide bonds. The molecule has 0 saturated heterocycles. The zero-order valence-corrected chi connectivity index (χ0v) is 14.4. The molecule has 1 N–H and O–H groups in total. The van der Waals surface area contributed by atoms with Crippen molar-refractivity contribution in [3.05, 3.63) is 45.9 Å². The van der Waals surface area contributed by atoms with E-state index in [1.807, 2.05) is 13.0 Å². The number of para-hydroxylation sites is 1. The van der Waals surface area contributed by atoms with Gasteiger partial charge in [-0.3, -0.25) is 14.5 Å². The molecule has 1 aromatic heterocycles. The molecule has 0 bridgehead atoms. The van der Waals surface area contributed by atoms with Gasteiger partial charge in [-0.1, -0.05) is 31.0 Å². The van der Waals surface area contributed by atoms with E-state index in [1.165, 1.54) is 29.1 Å². The molecule has 2 aromatic rings. The molecule has 0 spiro atoms. The lowest BCUT2D eigenvalue weighted by atomic mass is 10.1. The Morgan fingerprint density at radius 3 is 2.54 bits per heavy atom. The summed E-state index contributed by atoms with van der Waals surface area (Å²) in [6.07, 6.45) is 4.67. The molecule has 3 rings (SSSR count). The van der Waals surface area contributed by atoms with Crippen LogP contribution >= 0.6 is 11.3 Å². The van der Waals surface area contributed by atoms with E-state index in [4.69, 9.17) is 0 Å². The van der Waals surface area contributed by atoms with Crippen LogP contribution in [0.15, 0.2) is 30.3 Å². The van der Waals surface area contributed by atoms with Crippen LogP contribution in [0.3, 0.4) is 0 Å². The Morgan fingerprint density at radius 1 is 1.25 bits per heavy atom. The van der Waals surface area contributed by atoms with Crippen LogP contribution < -0.4 is 4.90 Å². The standard InChI is InChI=1S/C18H20N2O3S/c1-12-16(24-17(19-12)13-7-5-6-8-13)18(23)20(11-15(21)22)14-9-3-2-4-10-14/h2-4,9-10,13H,5-8,11H2,1H3,(H,21,22). The molecule has 1 aliphatic rings. The summed E-state index contributed by atoms with van der Waals surface area (Å²) in [5, 5.41) is 10.2. The predicted molar refractivity (Wildman–Crippen MR) is 93.8 cm³/mol. The highest BCUT2D eigenvalue weighted by Gasteiger charge is 2.27. The predicted octanol–water partition coefficient (Wildman–Crippen LogP) is 3.84. The number of carbonyl (C=O) groups excluding carboxylic acids is 1. The van der Waals surface area contributed by atoms with Crippen molar-refractivity contribution in [3.8, 4) is 0 Å². The molecular weight excluding hydrogens is 324 g/mol. The topological polar surface area (TPSA) is 70.5 Å². The van der Waals surface area contributed by atoms with Crippen LogP contribution in [0.1, 0.15) is 52.0 Å². The van der Waals surface area contributed by atoms with Crippen LogP contribution in [0.2, 0.25) is 0 Å². The van der Waals surface area contributed by atoms with Gasteiger partial charge in [0.15, 0.2) is 0 Å². The molecule has 6 heteroatoms. The van der Waals surface area contributed by atoms with Gasteiger partial charge in [-0.05, 0) is 31.9 Å². The van der Waals surface area contributed by atoms with Crippen molar-refractivity contribution in [2.24, 2.45) is 0 Å². The molecule has 0 unspecified atom stereocenters. The van der Waals surface area contributed by atoms with Crippen molar-refractivity contribution in [1.29, 1.82) is 0 Å². The summed E-state index contributed by atoms with van der Waals surface area (Å²) < 4.78 is 0. The molecule has 1 aromatic carbocycles. The Morgan fingerprint density at radius 2 is 1.92 bits per heavy atom. The number of hydrogen-bond acceptors (Lipinski definition) is 4. The number of thiazole rings is 1. The summed E-state index contributed by atoms with van der Waals surface area (Å²) in [7, 11) is 0. The van der Waals surface area contributed by atoms with Gasteiger partial charge in [0, 0.05) is 11.6 Å². The molecule has 24 heavy (non-hydrogen) atoms. The number of carboxylic acid groups (broad SMARTS) is 1. The summed E-state index contributed by atoms with van der Waals surface area (Å²) in [5.41, 5.74) is 1.28. The second-order valence-corrected chi connectivity index (χ2v) is 7.10. The van der Waals surface area contributed by atoms with Crippen molar-refractivity contribution < 1.29 is 14.7 Å². The van der Waals surface area contributed by atoms with Gasteiger partial charge >= 0.3 is 5.97 Å². The highest BCUT2D eigenvalue weighted by Crippen LogP contribution is 2.37. The summed E-state index contributed by atoms with van der Waals surface area (Å²) in [6.45, 7) is 1.46. The molecule has 126 valence electrons. The van der Waals surface area contributed by atoms with E-state index in [9.17, 15) is 14.7 Å². The molecule has 0 aliphatic heterocycles. The van der Waals surface area contributed by atoms with E-state index >= 15 is 0 Å². The Labute approximate surface area is 145 Å². The highest BCUT2D eigenvalue weighted by atomic mass is 32.1. The van der Waals surface area contributed by atoms with Gasteiger partial charge in [-0.15, -0.1) is 11.3 Å². The second-order valence-electron chi connectivity index (χ2n) is 6.07. The maximum Gasteiger partial charge on any atom is 0.323 e. The monoisotopic (exact) mass is 344 g/mol. The molecule has 1 fully saturated rings. The third-order valence-corrected chi connectivity index (χ3v) is 5.63. The van der Waals surface area contributed by atoms with Crippen molar-refractivity contribution >= 4 is 28.9 Å². The highest BCUT2D eigenvalue weighted by molar-refractivity contribution is 7.14. The Kier molecular flexibility index (Phi) is 4.94. The Hall–Kier alpha value is -2.21. The molecule has 0 radical (unpaired) electrons. The van der Waals surface area contributed by atoms with Crippen LogP contribution in [0.4, 0.5) is 5.69 Å². The normalized spacial score (nSPS) is 14.7. The largest absolute Gasteiger partial charge is 0.480 e. The van der Waals surface area contributed by atoms with E-state index in [-0.39, 0.29) is 12.5 Å².